The van der Waals surface area contributed by atoms with Crippen molar-refractivity contribution in [1.29, 1.82) is 0 Å². The van der Waals surface area contributed by atoms with Gasteiger partial charge in [0.05, 0.1) is 22.7 Å². The molecular formula is C18H18FNO4S. The predicted molar refractivity (Wildman–Crippen MR) is 92.5 cm³/mol. The molecule has 1 aliphatic rings. The highest BCUT2D eigenvalue weighted by molar-refractivity contribution is 7.90. The summed E-state index contributed by atoms with van der Waals surface area (Å²) in [7, 11) is -3.46. The minimum absolute atomic E-state index is 0.0714. The Labute approximate surface area is 145 Å². The van der Waals surface area contributed by atoms with E-state index in [1.165, 1.54) is 23.1 Å². The number of amides is 1. The van der Waals surface area contributed by atoms with Gasteiger partial charge in [-0.2, -0.15) is 0 Å². The Morgan fingerprint density at radius 2 is 1.92 bits per heavy atom. The molecule has 0 unspecified atom stereocenters. The van der Waals surface area contributed by atoms with Crippen molar-refractivity contribution in [3.8, 4) is 11.1 Å². The molecule has 132 valence electrons. The van der Waals surface area contributed by atoms with Gasteiger partial charge in [0.2, 0.25) is 6.41 Å². The highest BCUT2D eigenvalue weighted by Gasteiger charge is 2.48. The first-order chi connectivity index (χ1) is 11.8. The van der Waals surface area contributed by atoms with E-state index in [0.717, 1.165) is 6.26 Å². The molecule has 0 radical (unpaired) electrons. The predicted octanol–water partition coefficient (Wildman–Crippen LogP) is 2.38. The maximum Gasteiger partial charge on any atom is 0.214 e. The van der Waals surface area contributed by atoms with Gasteiger partial charge >= 0.3 is 0 Å². The van der Waals surface area contributed by atoms with Crippen LogP contribution in [0.1, 0.15) is 12.8 Å². The summed E-state index contributed by atoms with van der Waals surface area (Å²) < 4.78 is 38.5. The average Bonchev–Trinajstić information content (AvgIpc) is 3.37. The fourth-order valence-corrected chi connectivity index (χ4v) is 3.85. The smallest absolute Gasteiger partial charge is 0.214 e. The number of benzene rings is 2. The van der Waals surface area contributed by atoms with Crippen LogP contribution in [0.3, 0.4) is 0 Å². The lowest BCUT2D eigenvalue weighted by molar-refractivity contribution is -0.108. The normalized spacial score (nSPS) is 15.6. The summed E-state index contributed by atoms with van der Waals surface area (Å²) in [5.41, 5.74) is 0.148. The van der Waals surface area contributed by atoms with E-state index < -0.39 is 21.2 Å². The van der Waals surface area contributed by atoms with Crippen molar-refractivity contribution in [2.45, 2.75) is 23.3 Å². The maximum atomic E-state index is 14.7. The van der Waals surface area contributed by atoms with Crippen molar-refractivity contribution in [2.24, 2.45) is 0 Å². The Bertz CT molecular complexity index is 922. The SMILES string of the molecule is CS(=O)(=O)c1ccccc1-c1ccc(N(C=O)C2(CO)CC2)c(F)c1. The largest absolute Gasteiger partial charge is 0.394 e. The van der Waals surface area contributed by atoms with Crippen LogP contribution in [0, 0.1) is 5.82 Å². The molecule has 0 aliphatic heterocycles. The van der Waals surface area contributed by atoms with Crippen molar-refractivity contribution >= 4 is 21.9 Å². The second-order valence-electron chi connectivity index (χ2n) is 6.29. The molecule has 0 aromatic heterocycles. The zero-order chi connectivity index (χ0) is 18.2. The van der Waals surface area contributed by atoms with Crippen LogP contribution in [0.15, 0.2) is 47.4 Å². The summed E-state index contributed by atoms with van der Waals surface area (Å²) in [6.07, 6.45) is 2.84. The molecule has 0 heterocycles. The number of nitrogens with zero attached hydrogens (tertiary/aromatic N) is 1. The minimum atomic E-state index is -3.46. The van der Waals surface area contributed by atoms with Crippen LogP contribution < -0.4 is 4.90 Å². The van der Waals surface area contributed by atoms with Gasteiger partial charge in [-0.15, -0.1) is 0 Å². The fraction of sp³-hybridized carbons (Fsp3) is 0.278. The molecule has 1 fully saturated rings. The molecule has 0 saturated heterocycles. The first-order valence-electron chi connectivity index (χ1n) is 7.77. The number of carbonyl (C=O) groups is 1. The van der Waals surface area contributed by atoms with Crippen LogP contribution in [-0.4, -0.2) is 38.3 Å². The molecule has 1 saturated carbocycles. The summed E-state index contributed by atoms with van der Waals surface area (Å²) in [4.78, 5) is 12.7. The molecule has 0 atom stereocenters. The quantitative estimate of drug-likeness (QED) is 0.800. The van der Waals surface area contributed by atoms with Crippen LogP contribution in [0.25, 0.3) is 11.1 Å². The molecule has 7 heteroatoms. The Morgan fingerprint density at radius 1 is 1.24 bits per heavy atom. The molecule has 5 nitrogen and oxygen atoms in total. The molecule has 0 bridgehead atoms. The summed E-state index contributed by atoms with van der Waals surface area (Å²) in [5, 5.41) is 9.48. The number of carbonyl (C=O) groups excluding carboxylic acids is 1. The zero-order valence-corrected chi connectivity index (χ0v) is 14.5. The van der Waals surface area contributed by atoms with Crippen LogP contribution in [0.2, 0.25) is 0 Å². The topological polar surface area (TPSA) is 74.7 Å². The molecule has 2 aromatic rings. The minimum Gasteiger partial charge on any atom is -0.394 e. The van der Waals surface area contributed by atoms with Crippen LogP contribution in [0.4, 0.5) is 10.1 Å². The lowest BCUT2D eigenvalue weighted by Gasteiger charge is -2.27. The first kappa shape index (κ1) is 17.6. The van der Waals surface area contributed by atoms with Crippen molar-refractivity contribution in [3.63, 3.8) is 0 Å². The van der Waals surface area contributed by atoms with Crippen molar-refractivity contribution in [2.75, 3.05) is 17.8 Å². The van der Waals surface area contributed by atoms with Crippen LogP contribution in [-0.2, 0) is 14.6 Å². The van der Waals surface area contributed by atoms with Gasteiger partial charge in [-0.05, 0) is 36.6 Å². The number of aliphatic hydroxyl groups is 1. The standard InChI is InChI=1S/C18H18FNO4S/c1-25(23,24)17-5-3-2-4-14(17)13-6-7-16(15(19)10-13)20(12-22)18(11-21)8-9-18/h2-7,10,12,21H,8-9,11H2,1H3. The third kappa shape index (κ3) is 3.17. The number of halogens is 1. The van der Waals surface area contributed by atoms with E-state index >= 15 is 0 Å². The summed E-state index contributed by atoms with van der Waals surface area (Å²) >= 11 is 0. The van der Waals surface area contributed by atoms with E-state index in [0.29, 0.717) is 30.4 Å². The lowest BCUT2D eigenvalue weighted by Crippen LogP contribution is -2.39. The Kier molecular flexibility index (Phi) is 4.38. The second kappa shape index (κ2) is 6.24. The van der Waals surface area contributed by atoms with Gasteiger partial charge in [-0.1, -0.05) is 24.3 Å². The number of hydrogen-bond donors (Lipinski definition) is 1. The van der Waals surface area contributed by atoms with Crippen LogP contribution >= 0.6 is 0 Å². The number of rotatable bonds is 6. The monoisotopic (exact) mass is 363 g/mol. The molecule has 25 heavy (non-hydrogen) atoms. The van der Waals surface area contributed by atoms with E-state index in [4.69, 9.17) is 0 Å². The molecule has 1 amide bonds. The number of sulfone groups is 1. The lowest BCUT2D eigenvalue weighted by atomic mass is 10.0. The Morgan fingerprint density at radius 3 is 2.44 bits per heavy atom. The molecule has 1 N–H and O–H groups in total. The van der Waals surface area contributed by atoms with Crippen molar-refractivity contribution in [1.82, 2.24) is 0 Å². The Balaban J connectivity index is 2.06. The summed E-state index contributed by atoms with van der Waals surface area (Å²) in [5.74, 6) is -0.646. The van der Waals surface area contributed by atoms with Gasteiger partial charge in [0.15, 0.2) is 9.84 Å². The summed E-state index contributed by atoms with van der Waals surface area (Å²) in [6.45, 7) is -0.232. The highest BCUT2D eigenvalue weighted by atomic mass is 32.2. The van der Waals surface area contributed by atoms with Crippen molar-refractivity contribution < 1.29 is 22.7 Å². The van der Waals surface area contributed by atoms with Gasteiger partial charge < -0.3 is 10.0 Å². The number of anilines is 1. The molecule has 0 spiro atoms. The second-order valence-corrected chi connectivity index (χ2v) is 8.28. The van der Waals surface area contributed by atoms with Gasteiger partial charge in [0, 0.05) is 11.8 Å². The third-order valence-electron chi connectivity index (χ3n) is 4.54. The number of aliphatic hydroxyl groups excluding tert-OH is 1. The molecular weight excluding hydrogens is 345 g/mol. The molecule has 2 aromatic carbocycles. The molecule has 3 rings (SSSR count). The van der Waals surface area contributed by atoms with E-state index in [9.17, 15) is 22.7 Å². The van der Waals surface area contributed by atoms with Gasteiger partial charge in [0.1, 0.15) is 5.82 Å². The van der Waals surface area contributed by atoms with Crippen molar-refractivity contribution in [3.05, 3.63) is 48.3 Å². The summed E-state index contributed by atoms with van der Waals surface area (Å²) in [6, 6.07) is 10.6. The van der Waals surface area contributed by atoms with E-state index in [2.05, 4.69) is 0 Å². The highest BCUT2D eigenvalue weighted by Crippen LogP contribution is 2.44. The number of hydrogen-bond acceptors (Lipinski definition) is 4. The van der Waals surface area contributed by atoms with E-state index in [1.54, 1.807) is 24.3 Å². The van der Waals surface area contributed by atoms with Crippen LogP contribution in [0.5, 0.6) is 0 Å². The van der Waals surface area contributed by atoms with Gasteiger partial charge in [0.25, 0.3) is 0 Å². The Hall–Kier alpha value is -2.25. The van der Waals surface area contributed by atoms with E-state index in [1.807, 2.05) is 0 Å². The van der Waals surface area contributed by atoms with Gasteiger partial charge in [-0.25, -0.2) is 12.8 Å². The fourth-order valence-electron chi connectivity index (χ4n) is 2.94. The molecule has 1 aliphatic carbocycles. The average molecular weight is 363 g/mol. The third-order valence-corrected chi connectivity index (χ3v) is 5.70. The van der Waals surface area contributed by atoms with E-state index in [-0.39, 0.29) is 17.2 Å². The zero-order valence-electron chi connectivity index (χ0n) is 13.6. The first-order valence-corrected chi connectivity index (χ1v) is 9.66. The maximum absolute atomic E-state index is 14.7. The van der Waals surface area contributed by atoms with Gasteiger partial charge in [-0.3, -0.25) is 4.79 Å².